The SMILES string of the molecule is COc1ccc(C)cc1Nc1nccn2c(C)nnc12.COc1ccc(Cl)cc1Nc1nccn2c(C)nnc12.Cc1ccc(CNc2nccn3c(C)nnc23)cc1.Cc1ccccc1N(C)c1nccn2c(C)nnc12.Cc1nnc2c(NCCc3ccc(Br)cc3)nccn12.Cc1nnc2c(NCc3ccc(-c4ccccc4)cc3)nccn12.Cc1nnc2c(Nc3ccc(C(C)C)cc3)nccn12. The van der Waals surface area contributed by atoms with Crippen molar-refractivity contribution in [3.05, 3.63) is 364 Å². The lowest BCUT2D eigenvalue weighted by Gasteiger charge is -2.20. The van der Waals surface area contributed by atoms with Crippen LogP contribution in [0.15, 0.2) is 279 Å². The van der Waals surface area contributed by atoms with Crippen molar-refractivity contribution in [1.29, 1.82) is 0 Å². The molecule has 0 spiro atoms. The molecule has 0 aliphatic heterocycles. The maximum Gasteiger partial charge on any atom is 0.204 e. The average Bonchev–Trinajstić information content (AvgIpc) is 1.63. The van der Waals surface area contributed by atoms with E-state index in [-0.39, 0.29) is 0 Å². The Labute approximate surface area is 831 Å². The zero-order valence-corrected chi connectivity index (χ0v) is 83.3. The number of rotatable bonds is 22. The molecule has 0 aliphatic rings. The summed E-state index contributed by atoms with van der Waals surface area (Å²) >= 11 is 9.45. The maximum absolute atomic E-state index is 6.01. The van der Waals surface area contributed by atoms with Gasteiger partial charge in [0.1, 0.15) is 52.3 Å². The molecule has 0 saturated heterocycles. The van der Waals surface area contributed by atoms with E-state index in [0.717, 1.165) is 150 Å². The Kier molecular flexibility index (Phi) is 31.4. The van der Waals surface area contributed by atoms with E-state index in [1.807, 2.05) is 178 Å². The minimum Gasteiger partial charge on any atom is -0.495 e. The lowest BCUT2D eigenvalue weighted by Crippen LogP contribution is -2.14. The lowest BCUT2D eigenvalue weighted by molar-refractivity contribution is 0.416. The van der Waals surface area contributed by atoms with Gasteiger partial charge in [-0.2, -0.15) is 0 Å². The third kappa shape index (κ3) is 23.7. The topological polar surface area (TPSA) is 395 Å². The number of benzene rings is 8. The Balaban J connectivity index is 0.000000119. The Hall–Kier alpha value is -17.4. The number of aromatic nitrogens is 28. The van der Waals surface area contributed by atoms with Crippen molar-refractivity contribution in [2.75, 3.05) is 64.6 Å². The van der Waals surface area contributed by atoms with Crippen molar-refractivity contribution >= 4 is 131 Å². The first-order valence-corrected chi connectivity index (χ1v) is 46.7. The number of nitrogens with one attached hydrogen (secondary N) is 6. The third-order valence-electron chi connectivity index (χ3n) is 22.8. The summed E-state index contributed by atoms with van der Waals surface area (Å²) in [6.45, 7) is 26.2. The molecule has 0 aliphatic carbocycles. The molecular formula is C103H105BrClN35O2. The van der Waals surface area contributed by atoms with Gasteiger partial charge in [0, 0.05) is 134 Å². The molecule has 39 heteroatoms. The van der Waals surface area contributed by atoms with Crippen molar-refractivity contribution in [3.8, 4) is 22.6 Å². The molecule has 0 bridgehead atoms. The van der Waals surface area contributed by atoms with Gasteiger partial charge in [0.15, 0.2) is 40.7 Å². The van der Waals surface area contributed by atoms with Gasteiger partial charge < -0.3 is 46.3 Å². The highest BCUT2D eigenvalue weighted by atomic mass is 79.9. The number of halogens is 2. The molecule has 14 heterocycles. The Bertz CT molecular complexity index is 7870. The number of ether oxygens (including phenoxy) is 2. The molecule has 0 saturated carbocycles. The average molecular weight is 1980 g/mol. The maximum atomic E-state index is 6.01. The van der Waals surface area contributed by atoms with E-state index in [1.54, 1.807) is 75.8 Å². The summed E-state index contributed by atoms with van der Waals surface area (Å²) in [6, 6.07) is 63.5. The molecule has 6 N–H and O–H groups in total. The predicted octanol–water partition coefficient (Wildman–Crippen LogP) is 20.1. The van der Waals surface area contributed by atoms with Gasteiger partial charge in [-0.1, -0.05) is 174 Å². The number of hydrogen-bond acceptors (Lipinski definition) is 30. The smallest absolute Gasteiger partial charge is 0.204 e. The zero-order valence-electron chi connectivity index (χ0n) is 80.9. The summed E-state index contributed by atoms with van der Waals surface area (Å²) in [5.41, 5.74) is 19.8. The van der Waals surface area contributed by atoms with Crippen molar-refractivity contribution in [2.45, 2.75) is 109 Å². The Morgan fingerprint density at radius 3 is 1.15 bits per heavy atom. The highest BCUT2D eigenvalue weighted by Crippen LogP contribution is 2.34. The van der Waals surface area contributed by atoms with Crippen LogP contribution in [0.25, 0.3) is 50.7 Å². The molecule has 718 valence electrons. The van der Waals surface area contributed by atoms with Crippen LogP contribution in [-0.2, 0) is 19.5 Å². The van der Waals surface area contributed by atoms with Crippen molar-refractivity contribution in [1.82, 2.24) is 137 Å². The molecule has 14 aromatic heterocycles. The van der Waals surface area contributed by atoms with Gasteiger partial charge in [-0.3, -0.25) is 30.8 Å². The first kappa shape index (κ1) is 97.7. The normalized spacial score (nSPS) is 10.9. The number of nitrogens with zero attached hydrogens (tertiary/aromatic N) is 29. The fourth-order valence-electron chi connectivity index (χ4n) is 15.0. The first-order chi connectivity index (χ1) is 69.0. The Morgan fingerprint density at radius 1 is 0.345 bits per heavy atom. The molecular weight excluding hydrogens is 1870 g/mol. The molecule has 37 nitrogen and oxygen atoms in total. The van der Waals surface area contributed by atoms with E-state index in [1.165, 1.54) is 44.5 Å². The van der Waals surface area contributed by atoms with Crippen LogP contribution < -0.4 is 46.3 Å². The van der Waals surface area contributed by atoms with Crippen LogP contribution in [-0.4, -0.2) is 165 Å². The molecule has 0 radical (unpaired) electrons. The van der Waals surface area contributed by atoms with E-state index in [4.69, 9.17) is 21.1 Å². The van der Waals surface area contributed by atoms with Crippen LogP contribution in [0.2, 0.25) is 5.02 Å². The molecule has 22 rings (SSSR count). The summed E-state index contributed by atoms with van der Waals surface area (Å²) in [5, 5.41) is 77.8. The summed E-state index contributed by atoms with van der Waals surface area (Å²) < 4.78 is 25.1. The fourth-order valence-corrected chi connectivity index (χ4v) is 15.5. The molecule has 8 aromatic carbocycles. The summed E-state index contributed by atoms with van der Waals surface area (Å²) in [4.78, 5) is 32.4. The second kappa shape index (κ2) is 45.7. The number of fused-ring (bicyclic) bond motifs is 7. The molecule has 0 fully saturated rings. The quantitative estimate of drug-likeness (QED) is 0.0367. The van der Waals surface area contributed by atoms with Gasteiger partial charge in [0.25, 0.3) is 0 Å². The van der Waals surface area contributed by atoms with Gasteiger partial charge in [-0.15, -0.1) is 71.4 Å². The largest absolute Gasteiger partial charge is 0.495 e. The summed E-state index contributed by atoms with van der Waals surface area (Å²) in [6.07, 6.45) is 26.1. The van der Waals surface area contributed by atoms with Crippen LogP contribution in [0.3, 0.4) is 0 Å². The van der Waals surface area contributed by atoms with Gasteiger partial charge in [0.2, 0.25) is 39.5 Å². The van der Waals surface area contributed by atoms with Crippen LogP contribution >= 0.6 is 27.5 Å². The van der Waals surface area contributed by atoms with Crippen LogP contribution in [0, 0.1) is 69.2 Å². The standard InChI is InChI=1S/C19H17N5.C15H17N5.C14H14BrN5.C14H15N5O.2C14H15N5.C13H12ClN5O/c1-14-22-23-19-18(20-11-12-24(14)19)21-13-15-7-9-17(10-8-15)16-5-3-2-4-6-16;1-10(2)12-4-6-13(7-5-12)17-14-15-19-18-11(3)20(15)9-8-16-14;1-10-18-19-14-13(17-8-9-20(10)14)16-7-6-11-2-4-12(15)5-3-11;1-9-4-5-12(20-3)11(8-9)16-13-14-18-17-10(2)19(14)7-6-15-13;1-10-6-4-5-7-12(10)18(3)13-14-17-16-11(2)19(14)9-8-15-13;1-10-3-5-12(6-4-10)9-16-13-14-18-17-11(2)19(14)8-7-15-13;1-8-17-18-13-12(15-5-6-19(8)13)16-10-7-9(14)3-4-11(10)20-2/h2-12H,13H2,1H3,(H,20,21);4-10H,1-3H3,(H,16,17);2-5,8-9H,6-7H2,1H3,(H,16,17);4-8H,1-3H3,(H,15,16);4-9H,1-3H3;3-8H,9H2,1-2H3,(H,15,16);3-7H,1-2H3,(H,15,16). The van der Waals surface area contributed by atoms with Gasteiger partial charge >= 0.3 is 0 Å². The number of methoxy groups -OCH3 is 2. The highest BCUT2D eigenvalue weighted by molar-refractivity contribution is 9.10. The number of hydrogen-bond donors (Lipinski definition) is 6. The molecule has 0 atom stereocenters. The zero-order chi connectivity index (χ0) is 99.3. The molecule has 142 heavy (non-hydrogen) atoms. The highest BCUT2D eigenvalue weighted by Gasteiger charge is 2.19. The van der Waals surface area contributed by atoms with E-state index >= 15 is 0 Å². The lowest BCUT2D eigenvalue weighted by atomic mass is 10.0. The molecule has 0 unspecified atom stereocenters. The van der Waals surface area contributed by atoms with Crippen molar-refractivity contribution < 1.29 is 9.47 Å². The fraction of sp³-hybridized carbons (Fsp3) is 0.194. The van der Waals surface area contributed by atoms with Gasteiger partial charge in [-0.25, -0.2) is 34.9 Å². The summed E-state index contributed by atoms with van der Waals surface area (Å²) in [5.74, 6) is 12.9. The van der Waals surface area contributed by atoms with Crippen LogP contribution in [0.5, 0.6) is 11.5 Å². The van der Waals surface area contributed by atoms with E-state index in [2.05, 4.69) is 315 Å². The minimum absolute atomic E-state index is 0.532. The van der Waals surface area contributed by atoms with E-state index in [9.17, 15) is 0 Å². The second-order valence-corrected chi connectivity index (χ2v) is 34.4. The molecule has 22 aromatic rings. The van der Waals surface area contributed by atoms with E-state index in [0.29, 0.717) is 52.0 Å². The predicted molar refractivity (Wildman–Crippen MR) is 558 cm³/mol. The number of aryl methyl sites for hydroxylation is 10. The first-order valence-electron chi connectivity index (χ1n) is 45.5. The van der Waals surface area contributed by atoms with Gasteiger partial charge in [-0.05, 0) is 187 Å². The van der Waals surface area contributed by atoms with E-state index < -0.39 is 0 Å². The second-order valence-electron chi connectivity index (χ2n) is 33.1. The molecule has 0 amide bonds. The van der Waals surface area contributed by atoms with Crippen molar-refractivity contribution in [2.24, 2.45) is 0 Å². The minimum atomic E-state index is 0.532. The van der Waals surface area contributed by atoms with Gasteiger partial charge in [0.05, 0.1) is 25.6 Å². The van der Waals surface area contributed by atoms with Crippen molar-refractivity contribution in [3.63, 3.8) is 0 Å². The monoisotopic (exact) mass is 1980 g/mol. The van der Waals surface area contributed by atoms with Crippen LogP contribution in [0.4, 0.5) is 63.5 Å². The summed E-state index contributed by atoms with van der Waals surface area (Å²) in [7, 11) is 5.24. The number of para-hydroxylation sites is 1. The van der Waals surface area contributed by atoms with Crippen LogP contribution in [0.1, 0.15) is 99.5 Å². The Morgan fingerprint density at radius 2 is 0.704 bits per heavy atom. The third-order valence-corrected chi connectivity index (χ3v) is 23.6. The number of anilines is 11.